The molecule has 1 aromatic rings. The molecule has 1 rings (SSSR count). The van der Waals surface area contributed by atoms with Gasteiger partial charge in [-0.25, -0.2) is 4.79 Å². The number of carboxylic acid groups (broad SMARTS) is 1. The third-order valence-electron chi connectivity index (χ3n) is 1.57. The van der Waals surface area contributed by atoms with Gasteiger partial charge in [0, 0.05) is 11.0 Å². The number of rotatable bonds is 3. The van der Waals surface area contributed by atoms with Gasteiger partial charge >= 0.3 is 5.97 Å². The van der Waals surface area contributed by atoms with Crippen molar-refractivity contribution in [3.05, 3.63) is 44.3 Å². The van der Waals surface area contributed by atoms with Gasteiger partial charge in [0.05, 0.1) is 10.5 Å². The van der Waals surface area contributed by atoms with E-state index in [0.717, 1.165) is 18.2 Å². The second-order valence-corrected chi connectivity index (χ2v) is 2.46. The Hall–Kier alpha value is -2.60. The lowest BCUT2D eigenvalue weighted by Crippen LogP contribution is -1.97. The maximum absolute atomic E-state index is 10.5. The van der Waals surface area contributed by atoms with Crippen molar-refractivity contribution in [2.24, 2.45) is 5.11 Å². The quantitative estimate of drug-likeness (QED) is 0.268. The topological polar surface area (TPSA) is 129 Å². The second-order valence-electron chi connectivity index (χ2n) is 2.46. The van der Waals surface area contributed by atoms with Crippen LogP contribution < -0.4 is 0 Å². The molecule has 0 heterocycles. The zero-order valence-corrected chi connectivity index (χ0v) is 7.19. The molecule has 1 aromatic carbocycles. The van der Waals surface area contributed by atoms with Gasteiger partial charge in [-0.3, -0.25) is 10.1 Å². The van der Waals surface area contributed by atoms with E-state index < -0.39 is 16.6 Å². The summed E-state index contributed by atoms with van der Waals surface area (Å²) in [6, 6.07) is 3.05. The van der Waals surface area contributed by atoms with Gasteiger partial charge < -0.3 is 5.11 Å². The lowest BCUT2D eigenvalue weighted by molar-refractivity contribution is -0.384. The molecule has 0 spiro atoms. The van der Waals surface area contributed by atoms with E-state index in [-0.39, 0.29) is 11.3 Å². The van der Waals surface area contributed by atoms with Crippen molar-refractivity contribution < 1.29 is 14.8 Å². The lowest BCUT2D eigenvalue weighted by atomic mass is 10.2. The van der Waals surface area contributed by atoms with Gasteiger partial charge in [-0.15, -0.1) is 0 Å². The molecule has 0 aromatic heterocycles. The van der Waals surface area contributed by atoms with Gasteiger partial charge in [-0.2, -0.15) is 0 Å². The zero-order chi connectivity index (χ0) is 11.4. The van der Waals surface area contributed by atoms with Crippen LogP contribution in [0.1, 0.15) is 10.4 Å². The number of nitrogens with zero attached hydrogens (tertiary/aromatic N) is 4. The largest absolute Gasteiger partial charge is 0.478 e. The van der Waals surface area contributed by atoms with Crippen molar-refractivity contribution in [3.63, 3.8) is 0 Å². The van der Waals surface area contributed by atoms with E-state index in [9.17, 15) is 14.9 Å². The summed E-state index contributed by atoms with van der Waals surface area (Å²) in [6.45, 7) is 0. The van der Waals surface area contributed by atoms with E-state index in [0.29, 0.717) is 0 Å². The fourth-order valence-electron chi connectivity index (χ4n) is 0.935. The average Bonchev–Trinajstić information content (AvgIpc) is 2.18. The lowest BCUT2D eigenvalue weighted by Gasteiger charge is -1.97. The fourth-order valence-corrected chi connectivity index (χ4v) is 0.935. The maximum atomic E-state index is 10.5. The molecule has 0 saturated heterocycles. The van der Waals surface area contributed by atoms with E-state index in [1.807, 2.05) is 0 Å². The number of nitro groups is 1. The van der Waals surface area contributed by atoms with Crippen molar-refractivity contribution in [3.8, 4) is 0 Å². The van der Waals surface area contributed by atoms with Crippen LogP contribution >= 0.6 is 0 Å². The van der Waals surface area contributed by atoms with Crippen LogP contribution in [-0.4, -0.2) is 16.0 Å². The number of benzene rings is 1. The predicted octanol–water partition coefficient (Wildman–Crippen LogP) is 2.23. The number of azide groups is 1. The highest BCUT2D eigenvalue weighted by molar-refractivity contribution is 5.89. The number of hydrogen-bond acceptors (Lipinski definition) is 4. The predicted molar refractivity (Wildman–Crippen MR) is 48.9 cm³/mol. The van der Waals surface area contributed by atoms with E-state index in [1.54, 1.807) is 0 Å². The van der Waals surface area contributed by atoms with Crippen LogP contribution in [0.4, 0.5) is 11.4 Å². The van der Waals surface area contributed by atoms with Crippen LogP contribution in [0.3, 0.4) is 0 Å². The number of hydrogen-bond donors (Lipinski definition) is 1. The Morgan fingerprint density at radius 3 is 2.73 bits per heavy atom. The summed E-state index contributed by atoms with van der Waals surface area (Å²) >= 11 is 0. The van der Waals surface area contributed by atoms with E-state index in [4.69, 9.17) is 10.6 Å². The van der Waals surface area contributed by atoms with Crippen LogP contribution in [0, 0.1) is 10.1 Å². The third-order valence-corrected chi connectivity index (χ3v) is 1.57. The molecular formula is C7H4N4O4. The summed E-state index contributed by atoms with van der Waals surface area (Å²) in [5.41, 5.74) is 7.14. The summed E-state index contributed by atoms with van der Waals surface area (Å²) in [5.74, 6) is -1.29. The zero-order valence-electron chi connectivity index (χ0n) is 7.19. The molecule has 0 radical (unpaired) electrons. The van der Waals surface area contributed by atoms with Crippen LogP contribution in [0.2, 0.25) is 0 Å². The first-order chi connectivity index (χ1) is 7.06. The highest BCUT2D eigenvalue weighted by Gasteiger charge is 2.15. The van der Waals surface area contributed by atoms with Gasteiger partial charge in [0.1, 0.15) is 5.69 Å². The first-order valence-corrected chi connectivity index (χ1v) is 3.63. The smallest absolute Gasteiger partial charge is 0.335 e. The molecule has 0 aliphatic rings. The summed E-state index contributed by atoms with van der Waals surface area (Å²) < 4.78 is 0. The first-order valence-electron chi connectivity index (χ1n) is 3.63. The summed E-state index contributed by atoms with van der Waals surface area (Å²) in [4.78, 5) is 22.6. The standard InChI is InChI=1S/C7H4N4O4/c8-10-9-5-2-1-4(7(12)13)3-6(5)11(14)15/h1-3H,(H,12,13). The number of aromatic carboxylic acids is 1. The highest BCUT2D eigenvalue weighted by atomic mass is 16.6. The Balaban J connectivity index is 3.39. The van der Waals surface area contributed by atoms with Crippen molar-refractivity contribution in [2.45, 2.75) is 0 Å². The Labute approximate surface area is 82.5 Å². The molecular weight excluding hydrogens is 204 g/mol. The second kappa shape index (κ2) is 4.07. The molecule has 0 atom stereocenters. The Bertz CT molecular complexity index is 478. The summed E-state index contributed by atoms with van der Waals surface area (Å²) in [5, 5.41) is 22.2. The minimum Gasteiger partial charge on any atom is -0.478 e. The highest BCUT2D eigenvalue weighted by Crippen LogP contribution is 2.28. The van der Waals surface area contributed by atoms with Crippen LogP contribution in [0.5, 0.6) is 0 Å². The summed E-state index contributed by atoms with van der Waals surface area (Å²) in [7, 11) is 0. The van der Waals surface area contributed by atoms with Gasteiger partial charge in [-0.1, -0.05) is 5.11 Å². The number of carboxylic acids is 1. The van der Waals surface area contributed by atoms with Crippen molar-refractivity contribution in [1.29, 1.82) is 0 Å². The molecule has 1 N–H and O–H groups in total. The monoisotopic (exact) mass is 208 g/mol. The Kier molecular flexibility index (Phi) is 2.85. The molecule has 15 heavy (non-hydrogen) atoms. The van der Waals surface area contributed by atoms with Crippen molar-refractivity contribution in [2.75, 3.05) is 0 Å². The van der Waals surface area contributed by atoms with Gasteiger partial charge in [-0.05, 0) is 17.7 Å². The van der Waals surface area contributed by atoms with Crippen LogP contribution in [0.15, 0.2) is 23.3 Å². The molecule has 0 fully saturated rings. The third kappa shape index (κ3) is 2.20. The van der Waals surface area contributed by atoms with E-state index >= 15 is 0 Å². The fraction of sp³-hybridized carbons (Fsp3) is 0. The first kappa shape index (κ1) is 10.5. The molecule has 0 bridgehead atoms. The summed E-state index contributed by atoms with van der Waals surface area (Å²) in [6.07, 6.45) is 0. The van der Waals surface area contributed by atoms with Gasteiger partial charge in [0.15, 0.2) is 0 Å². The van der Waals surface area contributed by atoms with Crippen molar-refractivity contribution >= 4 is 17.3 Å². The normalized spacial score (nSPS) is 9.07. The molecule has 0 amide bonds. The molecule has 8 heteroatoms. The minimum absolute atomic E-state index is 0.215. The molecule has 0 aliphatic carbocycles. The SMILES string of the molecule is [N-]=[N+]=Nc1ccc(C(=O)O)cc1[N+](=O)[O-]. The van der Waals surface area contributed by atoms with Crippen LogP contribution in [0.25, 0.3) is 10.4 Å². The molecule has 0 unspecified atom stereocenters. The Morgan fingerprint density at radius 2 is 2.27 bits per heavy atom. The average molecular weight is 208 g/mol. The van der Waals surface area contributed by atoms with Gasteiger partial charge in [0.25, 0.3) is 5.69 Å². The van der Waals surface area contributed by atoms with E-state index in [2.05, 4.69) is 10.0 Å². The van der Waals surface area contributed by atoms with Crippen LogP contribution in [-0.2, 0) is 0 Å². The van der Waals surface area contributed by atoms with Gasteiger partial charge in [0.2, 0.25) is 0 Å². The molecule has 76 valence electrons. The molecule has 0 saturated carbocycles. The number of carbonyl (C=O) groups is 1. The minimum atomic E-state index is -1.29. The molecule has 8 nitrogen and oxygen atoms in total. The number of nitro benzene ring substituents is 1. The maximum Gasteiger partial charge on any atom is 0.335 e. The Morgan fingerprint density at radius 1 is 1.60 bits per heavy atom. The van der Waals surface area contributed by atoms with Crippen molar-refractivity contribution in [1.82, 2.24) is 0 Å². The van der Waals surface area contributed by atoms with E-state index in [1.165, 1.54) is 0 Å². The molecule has 0 aliphatic heterocycles.